The van der Waals surface area contributed by atoms with E-state index in [1.54, 1.807) is 0 Å². The van der Waals surface area contributed by atoms with Crippen molar-refractivity contribution in [1.82, 2.24) is 0 Å². The van der Waals surface area contributed by atoms with Crippen molar-refractivity contribution in [3.8, 4) is 0 Å². The number of carbonyl (C=O) groups is 2. The van der Waals surface area contributed by atoms with Gasteiger partial charge in [-0.25, -0.2) is 4.79 Å². The smallest absolute Gasteiger partial charge is 0.411 e. The predicted molar refractivity (Wildman–Crippen MR) is 37.6 cm³/mol. The molecule has 100 valence electrons. The van der Waals surface area contributed by atoms with Crippen molar-refractivity contribution >= 4 is 12.0 Å². The van der Waals surface area contributed by atoms with Crippen LogP contribution in [0.25, 0.3) is 0 Å². The highest BCUT2D eigenvalue weighted by Gasteiger charge is 2.79. The van der Waals surface area contributed by atoms with E-state index in [0.717, 1.165) is 6.92 Å². The van der Waals surface area contributed by atoms with Crippen LogP contribution in [0.3, 0.4) is 0 Å². The van der Waals surface area contributed by atoms with E-state index in [2.05, 4.69) is 4.74 Å². The third-order valence-electron chi connectivity index (χ3n) is 1.57. The molecule has 0 aromatic carbocycles. The maximum atomic E-state index is 12.6. The van der Waals surface area contributed by atoms with Crippen LogP contribution in [-0.4, -0.2) is 36.4 Å². The van der Waals surface area contributed by atoms with Crippen molar-refractivity contribution in [1.29, 1.82) is 0 Å². The molecule has 0 saturated heterocycles. The summed E-state index contributed by atoms with van der Waals surface area (Å²) in [4.78, 5) is 19.9. The summed E-state index contributed by atoms with van der Waals surface area (Å²) in [7, 11) is 0. The van der Waals surface area contributed by atoms with Gasteiger partial charge in [-0.05, 0) is 6.92 Å². The molecular weight excluding hydrogens is 265 g/mol. The van der Waals surface area contributed by atoms with Gasteiger partial charge >= 0.3 is 29.8 Å². The molecule has 17 heavy (non-hydrogen) atoms. The SMILES string of the molecule is CCOC(=O)C(F)(F)C(F)(F)C(F)(F)C(=O)F. The Hall–Kier alpha value is -1.35. The summed E-state index contributed by atoms with van der Waals surface area (Å²) in [6.07, 6.45) is 0. The standard InChI is InChI=1S/C7H5F7O3/c1-2-17-4(16)6(11,12)7(13,14)5(9,10)3(8)15/h2H2,1H3. The van der Waals surface area contributed by atoms with E-state index >= 15 is 0 Å². The summed E-state index contributed by atoms with van der Waals surface area (Å²) in [5.74, 6) is -21.9. The van der Waals surface area contributed by atoms with E-state index in [0.29, 0.717) is 0 Å². The first-order valence-corrected chi connectivity index (χ1v) is 3.93. The molecule has 0 aliphatic rings. The average Bonchev–Trinajstić information content (AvgIpc) is 2.17. The number of carbonyl (C=O) groups excluding carboxylic acids is 2. The molecule has 0 spiro atoms. The topological polar surface area (TPSA) is 43.4 Å². The van der Waals surface area contributed by atoms with Gasteiger partial charge < -0.3 is 4.74 Å². The molecule has 0 fully saturated rings. The molecule has 0 N–H and O–H groups in total. The summed E-state index contributed by atoms with van der Waals surface area (Å²) in [6.45, 7) is 0.157. The third-order valence-corrected chi connectivity index (χ3v) is 1.57. The van der Waals surface area contributed by atoms with Gasteiger partial charge in [-0.3, -0.25) is 4.79 Å². The van der Waals surface area contributed by atoms with E-state index in [-0.39, 0.29) is 0 Å². The Balaban J connectivity index is 5.44. The van der Waals surface area contributed by atoms with Crippen molar-refractivity contribution in [3.63, 3.8) is 0 Å². The largest absolute Gasteiger partial charge is 0.461 e. The molecule has 0 unspecified atom stereocenters. The number of hydrogen-bond donors (Lipinski definition) is 0. The number of esters is 1. The lowest BCUT2D eigenvalue weighted by atomic mass is 10.1. The number of alkyl halides is 6. The second-order valence-corrected chi connectivity index (χ2v) is 2.72. The zero-order valence-electron chi connectivity index (χ0n) is 8.08. The molecule has 0 rings (SSSR count). The van der Waals surface area contributed by atoms with Gasteiger partial charge in [-0.1, -0.05) is 0 Å². The molecule has 0 aromatic heterocycles. The maximum Gasteiger partial charge on any atom is 0.411 e. The van der Waals surface area contributed by atoms with Gasteiger partial charge in [0.1, 0.15) is 0 Å². The van der Waals surface area contributed by atoms with Crippen LogP contribution in [0.5, 0.6) is 0 Å². The second-order valence-electron chi connectivity index (χ2n) is 2.72. The normalized spacial score (nSPS) is 13.4. The summed E-state index contributed by atoms with van der Waals surface area (Å²) in [5.41, 5.74) is 0. The van der Waals surface area contributed by atoms with Crippen LogP contribution in [0.15, 0.2) is 0 Å². The summed E-state index contributed by atoms with van der Waals surface area (Å²) < 4.78 is 89.9. The van der Waals surface area contributed by atoms with Crippen LogP contribution in [0.4, 0.5) is 30.7 Å². The Kier molecular flexibility index (Phi) is 4.14. The molecule has 0 atom stereocenters. The second kappa shape index (κ2) is 4.49. The number of rotatable bonds is 5. The van der Waals surface area contributed by atoms with E-state index in [4.69, 9.17) is 0 Å². The molecule has 0 heterocycles. The zero-order valence-corrected chi connectivity index (χ0v) is 8.08. The van der Waals surface area contributed by atoms with Crippen LogP contribution < -0.4 is 0 Å². The molecule has 0 aliphatic carbocycles. The quantitative estimate of drug-likeness (QED) is 0.435. The van der Waals surface area contributed by atoms with Crippen molar-refractivity contribution < 1.29 is 45.1 Å². The highest BCUT2D eigenvalue weighted by Crippen LogP contribution is 2.46. The fourth-order valence-electron chi connectivity index (χ4n) is 0.671. The predicted octanol–water partition coefficient (Wildman–Crippen LogP) is 1.95. The van der Waals surface area contributed by atoms with E-state index in [1.165, 1.54) is 0 Å². The molecule has 0 saturated carbocycles. The lowest BCUT2D eigenvalue weighted by Crippen LogP contribution is -2.60. The van der Waals surface area contributed by atoms with E-state index in [1.807, 2.05) is 0 Å². The maximum absolute atomic E-state index is 12.6. The summed E-state index contributed by atoms with van der Waals surface area (Å²) in [5, 5.41) is 0. The van der Waals surface area contributed by atoms with Crippen molar-refractivity contribution in [2.24, 2.45) is 0 Å². The highest BCUT2D eigenvalue weighted by molar-refractivity contribution is 5.84. The third kappa shape index (κ3) is 2.34. The fourth-order valence-corrected chi connectivity index (χ4v) is 0.671. The molecule has 3 nitrogen and oxygen atoms in total. The number of halogens is 7. The van der Waals surface area contributed by atoms with Crippen molar-refractivity contribution in [2.75, 3.05) is 6.61 Å². The van der Waals surface area contributed by atoms with Gasteiger partial charge in [0.15, 0.2) is 0 Å². The van der Waals surface area contributed by atoms with Gasteiger partial charge in [-0.15, -0.1) is 0 Å². The molecule has 0 bridgehead atoms. The summed E-state index contributed by atoms with van der Waals surface area (Å²) in [6, 6.07) is -3.98. The van der Waals surface area contributed by atoms with Crippen LogP contribution >= 0.6 is 0 Å². The fraction of sp³-hybridized carbons (Fsp3) is 0.714. The van der Waals surface area contributed by atoms with Crippen molar-refractivity contribution in [3.05, 3.63) is 0 Å². The zero-order chi connectivity index (χ0) is 14.1. The summed E-state index contributed by atoms with van der Waals surface area (Å²) >= 11 is 0. The van der Waals surface area contributed by atoms with E-state index in [9.17, 15) is 40.3 Å². The Bertz CT molecular complexity index is 325. The Morgan fingerprint density at radius 2 is 1.41 bits per heavy atom. The van der Waals surface area contributed by atoms with Crippen LogP contribution in [0.1, 0.15) is 6.92 Å². The van der Waals surface area contributed by atoms with Gasteiger partial charge in [0, 0.05) is 0 Å². The Morgan fingerprint density at radius 3 is 1.71 bits per heavy atom. The molecule has 0 aliphatic heterocycles. The first-order chi connectivity index (χ1) is 7.42. The Labute approximate surface area is 89.5 Å². The average molecular weight is 270 g/mol. The minimum absolute atomic E-state index is 0.792. The molecule has 0 aromatic rings. The first kappa shape index (κ1) is 15.6. The van der Waals surface area contributed by atoms with Crippen LogP contribution in [0, 0.1) is 0 Å². The highest BCUT2D eigenvalue weighted by atomic mass is 19.3. The van der Waals surface area contributed by atoms with E-state index < -0.39 is 36.4 Å². The number of hydrogen-bond acceptors (Lipinski definition) is 3. The first-order valence-electron chi connectivity index (χ1n) is 3.93. The molecule has 0 radical (unpaired) electrons. The van der Waals surface area contributed by atoms with Crippen LogP contribution in [-0.2, 0) is 14.3 Å². The molecule has 0 amide bonds. The van der Waals surface area contributed by atoms with Gasteiger partial charge in [0.05, 0.1) is 6.61 Å². The van der Waals surface area contributed by atoms with Crippen LogP contribution in [0.2, 0.25) is 0 Å². The number of ether oxygens (including phenoxy) is 1. The minimum atomic E-state index is -6.53. The lowest BCUT2D eigenvalue weighted by molar-refractivity contribution is -0.297. The lowest BCUT2D eigenvalue weighted by Gasteiger charge is -2.28. The monoisotopic (exact) mass is 270 g/mol. The molecule has 10 heteroatoms. The van der Waals surface area contributed by atoms with Gasteiger partial charge in [0.25, 0.3) is 0 Å². The van der Waals surface area contributed by atoms with Gasteiger partial charge in [-0.2, -0.15) is 30.7 Å². The minimum Gasteiger partial charge on any atom is -0.461 e. The van der Waals surface area contributed by atoms with Crippen molar-refractivity contribution in [2.45, 2.75) is 24.7 Å². The van der Waals surface area contributed by atoms with Gasteiger partial charge in [0.2, 0.25) is 0 Å². The molecular formula is C7H5F7O3. The Morgan fingerprint density at radius 1 is 1.00 bits per heavy atom.